The van der Waals surface area contributed by atoms with Gasteiger partial charge in [0.05, 0.1) is 27.0 Å². The van der Waals surface area contributed by atoms with E-state index in [4.69, 9.17) is 0 Å². The Hall–Kier alpha value is -3.87. The van der Waals surface area contributed by atoms with Crippen LogP contribution in [-0.2, 0) is 0 Å². The molecule has 1 N–H and O–H groups in total. The number of fused-ring (bicyclic) bond motifs is 2. The number of amides is 1. The number of para-hydroxylation sites is 2. The van der Waals surface area contributed by atoms with E-state index in [9.17, 15) is 14.9 Å². The second-order valence-corrected chi connectivity index (χ2v) is 5.68. The van der Waals surface area contributed by atoms with Crippen LogP contribution in [0.4, 0.5) is 11.4 Å². The number of benzene rings is 3. The summed E-state index contributed by atoms with van der Waals surface area (Å²) >= 11 is 0. The topological polar surface area (TPSA) is 98.0 Å². The van der Waals surface area contributed by atoms with Gasteiger partial charge in [0.15, 0.2) is 0 Å². The number of carbonyl (C=O) groups excluding carboxylic acids is 1. The molecule has 0 aliphatic rings. The van der Waals surface area contributed by atoms with Crippen molar-refractivity contribution in [1.29, 1.82) is 0 Å². The maximum atomic E-state index is 12.5. The van der Waals surface area contributed by atoms with E-state index in [2.05, 4.69) is 15.3 Å². The lowest BCUT2D eigenvalue weighted by Crippen LogP contribution is -2.12. The number of hydrogen-bond acceptors (Lipinski definition) is 5. The molecule has 7 heteroatoms. The summed E-state index contributed by atoms with van der Waals surface area (Å²) < 4.78 is 0. The highest BCUT2D eigenvalue weighted by Crippen LogP contribution is 2.20. The quantitative estimate of drug-likeness (QED) is 0.345. The van der Waals surface area contributed by atoms with E-state index in [1.165, 1.54) is 18.2 Å². The summed E-state index contributed by atoms with van der Waals surface area (Å²) in [6, 6.07) is 18.3. The van der Waals surface area contributed by atoms with Gasteiger partial charge in [-0.15, -0.1) is 0 Å². The summed E-state index contributed by atoms with van der Waals surface area (Å²) in [5.74, 6) is -0.373. The predicted molar refractivity (Wildman–Crippen MR) is 98.1 cm³/mol. The second kappa shape index (κ2) is 6.21. The molecule has 0 radical (unpaired) electrons. The van der Waals surface area contributed by atoms with Crippen molar-refractivity contribution in [2.75, 3.05) is 5.32 Å². The van der Waals surface area contributed by atoms with Crippen LogP contribution in [0.1, 0.15) is 10.4 Å². The number of carbonyl (C=O) groups is 1. The van der Waals surface area contributed by atoms with Crippen LogP contribution in [0.3, 0.4) is 0 Å². The number of rotatable bonds is 3. The molecule has 0 bridgehead atoms. The highest BCUT2D eigenvalue weighted by Gasteiger charge is 2.11. The fourth-order valence-electron chi connectivity index (χ4n) is 2.66. The molecule has 1 heterocycles. The van der Waals surface area contributed by atoms with E-state index in [1.54, 1.807) is 24.3 Å². The molecule has 0 saturated carbocycles. The molecule has 0 fully saturated rings. The van der Waals surface area contributed by atoms with E-state index < -0.39 is 4.92 Å². The number of hydrogen-bond donors (Lipinski definition) is 1. The molecule has 26 heavy (non-hydrogen) atoms. The van der Waals surface area contributed by atoms with Crippen LogP contribution >= 0.6 is 0 Å². The molecular weight excluding hydrogens is 332 g/mol. The van der Waals surface area contributed by atoms with Crippen LogP contribution < -0.4 is 5.32 Å². The largest absolute Gasteiger partial charge is 0.322 e. The molecule has 1 amide bonds. The van der Waals surface area contributed by atoms with Crippen molar-refractivity contribution >= 4 is 39.3 Å². The maximum absolute atomic E-state index is 12.5. The lowest BCUT2D eigenvalue weighted by atomic mass is 10.1. The Kier molecular flexibility index (Phi) is 3.74. The van der Waals surface area contributed by atoms with E-state index in [0.717, 1.165) is 11.0 Å². The zero-order chi connectivity index (χ0) is 18.1. The highest BCUT2D eigenvalue weighted by atomic mass is 16.6. The minimum absolute atomic E-state index is 0.0846. The molecule has 0 spiro atoms. The third-order valence-electron chi connectivity index (χ3n) is 3.92. The van der Waals surface area contributed by atoms with Gasteiger partial charge in [0, 0.05) is 23.4 Å². The Morgan fingerprint density at radius 1 is 0.846 bits per heavy atom. The van der Waals surface area contributed by atoms with E-state index >= 15 is 0 Å². The van der Waals surface area contributed by atoms with Crippen molar-refractivity contribution in [3.63, 3.8) is 0 Å². The number of nitro benzene ring substituents is 1. The number of aromatic nitrogens is 2. The molecule has 4 rings (SSSR count). The van der Waals surface area contributed by atoms with Gasteiger partial charge >= 0.3 is 0 Å². The number of nitrogens with one attached hydrogen (secondary N) is 1. The van der Waals surface area contributed by atoms with Gasteiger partial charge in [-0.05, 0) is 36.4 Å². The van der Waals surface area contributed by atoms with Crippen molar-refractivity contribution in [3.8, 4) is 0 Å². The summed E-state index contributed by atoms with van der Waals surface area (Å²) in [6.45, 7) is 0. The number of nitro groups is 1. The van der Waals surface area contributed by atoms with E-state index in [-0.39, 0.29) is 11.6 Å². The zero-order valence-electron chi connectivity index (χ0n) is 13.4. The summed E-state index contributed by atoms with van der Waals surface area (Å²) in [6.07, 6.45) is 0. The Labute approximate surface area is 147 Å². The minimum atomic E-state index is -0.508. The lowest BCUT2D eigenvalue weighted by molar-refractivity contribution is -0.384. The van der Waals surface area contributed by atoms with Gasteiger partial charge in [0.1, 0.15) is 0 Å². The predicted octanol–water partition coefficient (Wildman–Crippen LogP) is 3.94. The van der Waals surface area contributed by atoms with Crippen molar-refractivity contribution in [2.45, 2.75) is 0 Å². The SMILES string of the molecule is O=C(Nc1cccc([N+](=O)[O-])c1)c1ccc2nc3ccccc3nc2c1. The molecule has 7 nitrogen and oxygen atoms in total. The highest BCUT2D eigenvalue weighted by molar-refractivity contribution is 6.06. The van der Waals surface area contributed by atoms with Crippen molar-refractivity contribution in [3.05, 3.63) is 82.4 Å². The van der Waals surface area contributed by atoms with Crippen molar-refractivity contribution in [2.24, 2.45) is 0 Å². The van der Waals surface area contributed by atoms with E-state index in [1.807, 2.05) is 24.3 Å². The Bertz CT molecular complexity index is 1170. The average molecular weight is 344 g/mol. The van der Waals surface area contributed by atoms with Gasteiger partial charge < -0.3 is 5.32 Å². The first-order valence-corrected chi connectivity index (χ1v) is 7.82. The molecule has 0 aliphatic carbocycles. The number of nitrogens with zero attached hydrogens (tertiary/aromatic N) is 3. The van der Waals surface area contributed by atoms with Crippen molar-refractivity contribution in [1.82, 2.24) is 9.97 Å². The summed E-state index contributed by atoms with van der Waals surface area (Å²) in [4.78, 5) is 31.9. The molecule has 0 aliphatic heterocycles. The van der Waals surface area contributed by atoms with Gasteiger partial charge in [-0.2, -0.15) is 0 Å². The molecule has 4 aromatic rings. The zero-order valence-corrected chi connectivity index (χ0v) is 13.4. The monoisotopic (exact) mass is 344 g/mol. The second-order valence-electron chi connectivity index (χ2n) is 5.68. The fourth-order valence-corrected chi connectivity index (χ4v) is 2.66. The van der Waals surface area contributed by atoms with Gasteiger partial charge in [-0.25, -0.2) is 9.97 Å². The van der Waals surface area contributed by atoms with Crippen LogP contribution in [0.15, 0.2) is 66.7 Å². The molecule has 0 saturated heterocycles. The Morgan fingerprint density at radius 3 is 2.27 bits per heavy atom. The van der Waals surface area contributed by atoms with Crippen LogP contribution in [0.25, 0.3) is 22.1 Å². The first-order chi connectivity index (χ1) is 12.6. The standard InChI is InChI=1S/C19H12N4O3/c24-19(20-13-4-3-5-14(11-13)23(25)26)12-8-9-17-18(10-12)22-16-7-2-1-6-15(16)21-17/h1-11H,(H,20,24). The minimum Gasteiger partial charge on any atom is -0.322 e. The van der Waals surface area contributed by atoms with Gasteiger partial charge in [0.2, 0.25) is 0 Å². The number of anilines is 1. The molecular formula is C19H12N4O3. The van der Waals surface area contributed by atoms with Crippen LogP contribution in [0, 0.1) is 10.1 Å². The summed E-state index contributed by atoms with van der Waals surface area (Å²) in [7, 11) is 0. The van der Waals surface area contributed by atoms with Crippen molar-refractivity contribution < 1.29 is 9.72 Å². The average Bonchev–Trinajstić information content (AvgIpc) is 2.66. The van der Waals surface area contributed by atoms with Gasteiger partial charge in [-0.1, -0.05) is 18.2 Å². The third kappa shape index (κ3) is 2.93. The molecule has 1 aromatic heterocycles. The Balaban J connectivity index is 1.67. The van der Waals surface area contributed by atoms with Gasteiger partial charge in [0.25, 0.3) is 11.6 Å². The van der Waals surface area contributed by atoms with Crippen LogP contribution in [-0.4, -0.2) is 20.8 Å². The smallest absolute Gasteiger partial charge is 0.271 e. The van der Waals surface area contributed by atoms with Gasteiger partial charge in [-0.3, -0.25) is 14.9 Å². The summed E-state index contributed by atoms with van der Waals surface area (Å²) in [5.41, 5.74) is 3.50. The first kappa shape index (κ1) is 15.6. The van der Waals surface area contributed by atoms with Crippen LogP contribution in [0.5, 0.6) is 0 Å². The molecule has 0 unspecified atom stereocenters. The first-order valence-electron chi connectivity index (χ1n) is 7.82. The molecule has 0 atom stereocenters. The van der Waals surface area contributed by atoms with E-state index in [0.29, 0.717) is 22.3 Å². The Morgan fingerprint density at radius 2 is 1.54 bits per heavy atom. The fraction of sp³-hybridized carbons (Fsp3) is 0. The van der Waals surface area contributed by atoms with Crippen LogP contribution in [0.2, 0.25) is 0 Å². The third-order valence-corrected chi connectivity index (χ3v) is 3.92. The number of non-ortho nitro benzene ring substituents is 1. The summed E-state index contributed by atoms with van der Waals surface area (Å²) in [5, 5.41) is 13.5. The lowest BCUT2D eigenvalue weighted by Gasteiger charge is -2.06. The maximum Gasteiger partial charge on any atom is 0.271 e. The molecule has 126 valence electrons. The molecule has 3 aromatic carbocycles. The normalized spacial score (nSPS) is 10.8.